The van der Waals surface area contributed by atoms with E-state index in [0.29, 0.717) is 16.8 Å². The molecule has 0 radical (unpaired) electrons. The molecule has 0 spiro atoms. The standard InChI is InChI=1S/C19H20N4O3/c1-10-17(12(3)24)11(2)21-18(10)19(26)23-22-16(25)8-13-9-20-15-7-5-4-6-14(13)15/h4-7,9,20-21H,8H2,1-3H3,(H,22,25)(H,23,26). The molecule has 0 saturated carbocycles. The lowest BCUT2D eigenvalue weighted by Crippen LogP contribution is -2.42. The molecule has 0 aliphatic rings. The van der Waals surface area contributed by atoms with Gasteiger partial charge < -0.3 is 9.97 Å². The largest absolute Gasteiger partial charge is 0.361 e. The van der Waals surface area contributed by atoms with Crippen molar-refractivity contribution in [2.45, 2.75) is 27.2 Å². The van der Waals surface area contributed by atoms with Gasteiger partial charge in [0, 0.05) is 28.4 Å². The van der Waals surface area contributed by atoms with Crippen LogP contribution in [-0.2, 0) is 11.2 Å². The number of hydrogen-bond donors (Lipinski definition) is 4. The Hall–Kier alpha value is -3.35. The number of para-hydroxylation sites is 1. The number of carbonyl (C=O) groups is 3. The van der Waals surface area contributed by atoms with Gasteiger partial charge in [0.15, 0.2) is 5.78 Å². The number of Topliss-reactive ketones (excluding diaryl/α,β-unsaturated/α-hetero) is 1. The highest BCUT2D eigenvalue weighted by Gasteiger charge is 2.20. The minimum absolute atomic E-state index is 0.112. The summed E-state index contributed by atoms with van der Waals surface area (Å²) in [5.41, 5.74) is 8.56. The minimum atomic E-state index is -0.495. The quantitative estimate of drug-likeness (QED) is 0.427. The fourth-order valence-corrected chi connectivity index (χ4v) is 3.19. The molecule has 0 aliphatic heterocycles. The van der Waals surface area contributed by atoms with Crippen molar-refractivity contribution in [2.24, 2.45) is 0 Å². The molecule has 26 heavy (non-hydrogen) atoms. The van der Waals surface area contributed by atoms with E-state index in [9.17, 15) is 14.4 Å². The Labute approximate surface area is 150 Å². The molecule has 4 N–H and O–H groups in total. The second-order valence-electron chi connectivity index (χ2n) is 6.22. The van der Waals surface area contributed by atoms with Crippen molar-refractivity contribution < 1.29 is 14.4 Å². The Kier molecular flexibility index (Phi) is 4.62. The van der Waals surface area contributed by atoms with E-state index in [0.717, 1.165) is 16.5 Å². The van der Waals surface area contributed by atoms with Crippen LogP contribution in [0.15, 0.2) is 30.5 Å². The molecular weight excluding hydrogens is 332 g/mol. The van der Waals surface area contributed by atoms with Crippen molar-refractivity contribution in [1.29, 1.82) is 0 Å². The van der Waals surface area contributed by atoms with E-state index in [-0.39, 0.29) is 23.8 Å². The maximum Gasteiger partial charge on any atom is 0.286 e. The van der Waals surface area contributed by atoms with Gasteiger partial charge in [0.2, 0.25) is 5.91 Å². The van der Waals surface area contributed by atoms with Crippen molar-refractivity contribution in [3.05, 3.63) is 58.5 Å². The third kappa shape index (κ3) is 3.23. The number of aromatic amines is 2. The Morgan fingerprint density at radius 3 is 2.50 bits per heavy atom. The SMILES string of the molecule is CC(=O)c1c(C)[nH]c(C(=O)NNC(=O)Cc2c[nH]c3ccccc23)c1C. The fraction of sp³-hybridized carbons (Fsp3) is 0.211. The Morgan fingerprint density at radius 2 is 1.81 bits per heavy atom. The molecule has 134 valence electrons. The van der Waals surface area contributed by atoms with Gasteiger partial charge in [-0.05, 0) is 38.0 Å². The van der Waals surface area contributed by atoms with Crippen LogP contribution in [0.25, 0.3) is 10.9 Å². The highest BCUT2D eigenvalue weighted by atomic mass is 16.2. The van der Waals surface area contributed by atoms with Gasteiger partial charge in [-0.2, -0.15) is 0 Å². The van der Waals surface area contributed by atoms with E-state index < -0.39 is 5.91 Å². The fourth-order valence-electron chi connectivity index (χ4n) is 3.19. The van der Waals surface area contributed by atoms with Crippen LogP contribution in [-0.4, -0.2) is 27.6 Å². The normalized spacial score (nSPS) is 10.7. The lowest BCUT2D eigenvalue weighted by Gasteiger charge is -2.07. The molecule has 2 aromatic heterocycles. The summed E-state index contributed by atoms with van der Waals surface area (Å²) < 4.78 is 0. The molecule has 7 nitrogen and oxygen atoms in total. The molecule has 3 rings (SSSR count). The maximum atomic E-state index is 12.3. The van der Waals surface area contributed by atoms with Crippen LogP contribution in [0.4, 0.5) is 0 Å². The van der Waals surface area contributed by atoms with Crippen molar-refractivity contribution in [2.75, 3.05) is 0 Å². The van der Waals surface area contributed by atoms with Gasteiger partial charge >= 0.3 is 0 Å². The number of aryl methyl sites for hydroxylation is 1. The smallest absolute Gasteiger partial charge is 0.286 e. The van der Waals surface area contributed by atoms with Crippen LogP contribution in [0, 0.1) is 13.8 Å². The van der Waals surface area contributed by atoms with Crippen molar-refractivity contribution in [3.8, 4) is 0 Å². The lowest BCUT2D eigenvalue weighted by atomic mass is 10.1. The number of hydrogen-bond acceptors (Lipinski definition) is 3. The number of amides is 2. The predicted molar refractivity (Wildman–Crippen MR) is 97.9 cm³/mol. The number of nitrogens with one attached hydrogen (secondary N) is 4. The molecule has 2 amide bonds. The number of aromatic nitrogens is 2. The van der Waals surface area contributed by atoms with Crippen LogP contribution in [0.5, 0.6) is 0 Å². The molecular formula is C19H20N4O3. The zero-order valence-corrected chi connectivity index (χ0v) is 14.8. The number of benzene rings is 1. The lowest BCUT2D eigenvalue weighted by molar-refractivity contribution is -0.121. The van der Waals surface area contributed by atoms with Gasteiger partial charge in [0.05, 0.1) is 6.42 Å². The average molecular weight is 352 g/mol. The number of fused-ring (bicyclic) bond motifs is 1. The molecule has 0 bridgehead atoms. The first-order chi connectivity index (χ1) is 12.4. The molecule has 0 atom stereocenters. The van der Waals surface area contributed by atoms with Gasteiger partial charge in [0.1, 0.15) is 5.69 Å². The molecule has 2 heterocycles. The summed E-state index contributed by atoms with van der Waals surface area (Å²) in [7, 11) is 0. The number of rotatable bonds is 4. The number of carbonyl (C=O) groups excluding carboxylic acids is 3. The number of hydrazine groups is 1. The molecule has 1 aromatic carbocycles. The summed E-state index contributed by atoms with van der Waals surface area (Å²) in [6.07, 6.45) is 1.91. The summed E-state index contributed by atoms with van der Waals surface area (Å²) >= 11 is 0. The van der Waals surface area contributed by atoms with E-state index in [1.807, 2.05) is 24.3 Å². The monoisotopic (exact) mass is 352 g/mol. The van der Waals surface area contributed by atoms with Gasteiger partial charge in [0.25, 0.3) is 5.91 Å². The number of ketones is 1. The Bertz CT molecular complexity index is 1010. The predicted octanol–water partition coefficient (Wildman–Crippen LogP) is 2.32. The second-order valence-corrected chi connectivity index (χ2v) is 6.22. The van der Waals surface area contributed by atoms with Gasteiger partial charge in [-0.1, -0.05) is 18.2 Å². The topological polar surface area (TPSA) is 107 Å². The minimum Gasteiger partial charge on any atom is -0.361 e. The first-order valence-corrected chi connectivity index (χ1v) is 8.22. The molecule has 0 fully saturated rings. The average Bonchev–Trinajstić information content (AvgIpc) is 3.13. The van der Waals surface area contributed by atoms with E-state index in [2.05, 4.69) is 20.8 Å². The van der Waals surface area contributed by atoms with E-state index in [4.69, 9.17) is 0 Å². The first-order valence-electron chi connectivity index (χ1n) is 8.22. The van der Waals surface area contributed by atoms with Gasteiger partial charge in [-0.3, -0.25) is 25.2 Å². The van der Waals surface area contributed by atoms with E-state index in [1.165, 1.54) is 6.92 Å². The van der Waals surface area contributed by atoms with Crippen LogP contribution in [0.2, 0.25) is 0 Å². The highest BCUT2D eigenvalue weighted by molar-refractivity contribution is 6.03. The third-order valence-corrected chi connectivity index (χ3v) is 4.36. The molecule has 0 aliphatic carbocycles. The summed E-state index contributed by atoms with van der Waals surface area (Å²) in [4.78, 5) is 42.1. The second kappa shape index (κ2) is 6.87. The molecule has 0 saturated heterocycles. The summed E-state index contributed by atoms with van der Waals surface area (Å²) in [5, 5.41) is 0.968. The van der Waals surface area contributed by atoms with Gasteiger partial charge in [-0.15, -0.1) is 0 Å². The number of H-pyrrole nitrogens is 2. The highest BCUT2D eigenvalue weighted by Crippen LogP contribution is 2.19. The first kappa shape index (κ1) is 17.5. The molecule has 0 unspecified atom stereocenters. The summed E-state index contributed by atoms with van der Waals surface area (Å²) in [6, 6.07) is 7.68. The van der Waals surface area contributed by atoms with Crippen molar-refractivity contribution in [3.63, 3.8) is 0 Å². The van der Waals surface area contributed by atoms with E-state index >= 15 is 0 Å². The zero-order valence-electron chi connectivity index (χ0n) is 14.8. The van der Waals surface area contributed by atoms with Crippen LogP contribution in [0.1, 0.15) is 44.6 Å². The van der Waals surface area contributed by atoms with Crippen LogP contribution >= 0.6 is 0 Å². The van der Waals surface area contributed by atoms with Crippen LogP contribution in [0.3, 0.4) is 0 Å². The Morgan fingerprint density at radius 1 is 1.08 bits per heavy atom. The van der Waals surface area contributed by atoms with Gasteiger partial charge in [-0.25, -0.2) is 0 Å². The molecule has 7 heteroatoms. The zero-order chi connectivity index (χ0) is 18.8. The molecule has 3 aromatic rings. The summed E-state index contributed by atoms with van der Waals surface area (Å²) in [6.45, 7) is 4.88. The van der Waals surface area contributed by atoms with Crippen LogP contribution < -0.4 is 10.9 Å². The van der Waals surface area contributed by atoms with Crippen molar-refractivity contribution in [1.82, 2.24) is 20.8 Å². The maximum absolute atomic E-state index is 12.3. The van der Waals surface area contributed by atoms with Crippen molar-refractivity contribution >= 4 is 28.5 Å². The Balaban J connectivity index is 1.65. The summed E-state index contributed by atoms with van der Waals surface area (Å²) in [5.74, 6) is -0.945. The van der Waals surface area contributed by atoms with E-state index in [1.54, 1.807) is 20.0 Å². The third-order valence-electron chi connectivity index (χ3n) is 4.36.